The predicted molar refractivity (Wildman–Crippen MR) is 70.8 cm³/mol. The fraction of sp³-hybridized carbons (Fsp3) is 0.727. The summed E-state index contributed by atoms with van der Waals surface area (Å²) < 4.78 is 16.9. The molecule has 0 bridgehead atoms. The Labute approximate surface area is 108 Å². The van der Waals surface area contributed by atoms with Crippen LogP contribution in [0.25, 0.3) is 0 Å². The highest BCUT2D eigenvalue weighted by Gasteiger charge is 2.00. The van der Waals surface area contributed by atoms with E-state index in [0.717, 1.165) is 12.8 Å². The first kappa shape index (κ1) is 15.8. The normalized spacial score (nSPS) is 13.6. The Morgan fingerprint density at radius 3 is 2.62 bits per heavy atom. The fourth-order valence-corrected chi connectivity index (χ4v) is 2.78. The highest BCUT2D eigenvalue weighted by molar-refractivity contribution is 9.11. The van der Waals surface area contributed by atoms with Crippen LogP contribution in [0.2, 0.25) is 0 Å². The molecular formula is C11H19BrO3S. The van der Waals surface area contributed by atoms with E-state index in [1.807, 2.05) is 0 Å². The van der Waals surface area contributed by atoms with Crippen molar-refractivity contribution in [3.63, 3.8) is 0 Å². The molecule has 1 atom stereocenters. The van der Waals surface area contributed by atoms with Gasteiger partial charge in [0, 0.05) is 33.4 Å². The van der Waals surface area contributed by atoms with Gasteiger partial charge in [0.1, 0.15) is 6.61 Å². The lowest BCUT2D eigenvalue weighted by Crippen LogP contribution is -2.01. The minimum absolute atomic E-state index is 0.163. The van der Waals surface area contributed by atoms with Crippen LogP contribution in [0.4, 0.5) is 0 Å². The molecule has 0 aliphatic carbocycles. The van der Waals surface area contributed by atoms with Crippen molar-refractivity contribution in [1.29, 1.82) is 0 Å². The number of hydrogen-bond acceptors (Lipinski definition) is 3. The summed E-state index contributed by atoms with van der Waals surface area (Å²) in [5.74, 6) is 0.342. The van der Waals surface area contributed by atoms with E-state index in [2.05, 4.69) is 22.9 Å². The molecule has 0 heterocycles. The molecule has 0 aliphatic rings. The lowest BCUT2D eigenvalue weighted by atomic mass is 10.2. The van der Waals surface area contributed by atoms with E-state index in [9.17, 15) is 9.00 Å². The highest BCUT2D eigenvalue weighted by atomic mass is 79.9. The van der Waals surface area contributed by atoms with Crippen molar-refractivity contribution < 1.29 is 13.7 Å². The van der Waals surface area contributed by atoms with Crippen LogP contribution >= 0.6 is 15.9 Å². The van der Waals surface area contributed by atoms with Gasteiger partial charge in [-0.2, -0.15) is 0 Å². The van der Waals surface area contributed by atoms with Gasteiger partial charge in [-0.25, -0.2) is 0 Å². The van der Waals surface area contributed by atoms with E-state index in [-0.39, 0.29) is 12.6 Å². The Morgan fingerprint density at radius 1 is 1.38 bits per heavy atom. The number of carbonyl (C=O) groups is 1. The first-order valence-electron chi connectivity index (χ1n) is 5.43. The topological polar surface area (TPSA) is 43.4 Å². The minimum atomic E-state index is -0.969. The van der Waals surface area contributed by atoms with Crippen molar-refractivity contribution in [1.82, 2.24) is 0 Å². The summed E-state index contributed by atoms with van der Waals surface area (Å²) in [5, 5.41) is 1.61. The summed E-state index contributed by atoms with van der Waals surface area (Å²) in [6, 6.07) is 0. The SMILES string of the molecule is CCCCCCS(=O)/C=C(\Br)COC(C)=O. The molecule has 0 radical (unpaired) electrons. The zero-order valence-electron chi connectivity index (χ0n) is 9.83. The van der Waals surface area contributed by atoms with E-state index in [1.54, 1.807) is 5.41 Å². The van der Waals surface area contributed by atoms with Crippen molar-refractivity contribution in [2.24, 2.45) is 0 Å². The molecule has 3 nitrogen and oxygen atoms in total. The van der Waals surface area contributed by atoms with E-state index >= 15 is 0 Å². The monoisotopic (exact) mass is 310 g/mol. The van der Waals surface area contributed by atoms with Gasteiger partial charge in [0.25, 0.3) is 0 Å². The fourth-order valence-electron chi connectivity index (χ4n) is 1.08. The number of esters is 1. The number of unbranched alkanes of at least 4 members (excludes halogenated alkanes) is 3. The highest BCUT2D eigenvalue weighted by Crippen LogP contribution is 2.08. The third kappa shape index (κ3) is 10.4. The molecule has 5 heteroatoms. The molecule has 0 rings (SSSR count). The van der Waals surface area contributed by atoms with Crippen LogP contribution in [0.5, 0.6) is 0 Å². The maximum absolute atomic E-state index is 11.5. The van der Waals surface area contributed by atoms with E-state index < -0.39 is 10.8 Å². The summed E-state index contributed by atoms with van der Waals surface area (Å²) in [5.41, 5.74) is 0. The molecule has 16 heavy (non-hydrogen) atoms. The van der Waals surface area contributed by atoms with Crippen molar-refractivity contribution in [3.05, 3.63) is 9.89 Å². The van der Waals surface area contributed by atoms with Gasteiger partial charge in [-0.05, 0) is 6.42 Å². The van der Waals surface area contributed by atoms with Crippen LogP contribution in [0.1, 0.15) is 39.5 Å². The molecule has 0 saturated carbocycles. The summed E-state index contributed by atoms with van der Waals surface area (Å²) in [4.78, 5) is 10.5. The first-order valence-corrected chi connectivity index (χ1v) is 7.60. The quantitative estimate of drug-likeness (QED) is 0.511. The van der Waals surface area contributed by atoms with Crippen molar-refractivity contribution >= 4 is 32.7 Å². The second kappa shape index (κ2) is 10.0. The molecular weight excluding hydrogens is 292 g/mol. The maximum atomic E-state index is 11.5. The Balaban J connectivity index is 3.73. The molecule has 0 fully saturated rings. The van der Waals surface area contributed by atoms with E-state index in [0.29, 0.717) is 10.2 Å². The van der Waals surface area contributed by atoms with Crippen molar-refractivity contribution in [2.75, 3.05) is 12.4 Å². The van der Waals surface area contributed by atoms with Gasteiger partial charge in [0.15, 0.2) is 0 Å². The van der Waals surface area contributed by atoms with Crippen molar-refractivity contribution in [2.45, 2.75) is 39.5 Å². The Bertz CT molecular complexity index is 264. The predicted octanol–water partition coefficient (Wildman–Crippen LogP) is 3.11. The average Bonchev–Trinajstić information content (AvgIpc) is 2.21. The zero-order chi connectivity index (χ0) is 12.4. The Kier molecular flexibility index (Phi) is 9.92. The average molecular weight is 311 g/mol. The third-order valence-corrected chi connectivity index (χ3v) is 3.87. The van der Waals surface area contributed by atoms with Gasteiger partial charge in [0.05, 0.1) is 0 Å². The largest absolute Gasteiger partial charge is 0.460 e. The summed E-state index contributed by atoms with van der Waals surface area (Å²) >= 11 is 3.22. The third-order valence-electron chi connectivity index (χ3n) is 1.87. The van der Waals surface area contributed by atoms with Gasteiger partial charge < -0.3 is 4.74 Å². The molecule has 94 valence electrons. The molecule has 1 unspecified atom stereocenters. The molecule has 0 saturated heterocycles. The Hall–Kier alpha value is -0.160. The standard InChI is InChI=1S/C11H19BrO3S/c1-3-4-5-6-7-16(14)9-11(12)8-15-10(2)13/h9H,3-8H2,1-2H3/b11-9-. The summed E-state index contributed by atoms with van der Waals surface area (Å²) in [6.45, 7) is 3.66. The zero-order valence-corrected chi connectivity index (χ0v) is 12.2. The molecule has 0 N–H and O–H groups in total. The van der Waals surface area contributed by atoms with Gasteiger partial charge in [-0.1, -0.05) is 42.1 Å². The molecule has 0 aromatic heterocycles. The second-order valence-corrected chi connectivity index (χ2v) is 5.91. The van der Waals surface area contributed by atoms with Gasteiger partial charge in [0.2, 0.25) is 0 Å². The number of hydrogen-bond donors (Lipinski definition) is 0. The smallest absolute Gasteiger partial charge is 0.302 e. The number of rotatable bonds is 8. The molecule has 0 aliphatic heterocycles. The minimum Gasteiger partial charge on any atom is -0.460 e. The van der Waals surface area contributed by atoms with Gasteiger partial charge in [-0.3, -0.25) is 9.00 Å². The molecule has 0 amide bonds. The Morgan fingerprint density at radius 2 is 2.06 bits per heavy atom. The van der Waals surface area contributed by atoms with Crippen LogP contribution in [0.15, 0.2) is 9.89 Å². The summed E-state index contributed by atoms with van der Waals surface area (Å²) in [7, 11) is -0.969. The number of ether oxygens (including phenoxy) is 1. The second-order valence-electron chi connectivity index (χ2n) is 3.49. The lowest BCUT2D eigenvalue weighted by Gasteiger charge is -2.01. The van der Waals surface area contributed by atoms with Gasteiger partial charge >= 0.3 is 5.97 Å². The van der Waals surface area contributed by atoms with Crippen molar-refractivity contribution in [3.8, 4) is 0 Å². The molecule has 0 aromatic rings. The van der Waals surface area contributed by atoms with Crippen LogP contribution < -0.4 is 0 Å². The van der Waals surface area contributed by atoms with E-state index in [4.69, 9.17) is 4.74 Å². The first-order chi connectivity index (χ1) is 7.56. The maximum Gasteiger partial charge on any atom is 0.302 e. The number of carbonyl (C=O) groups excluding carboxylic acids is 1. The van der Waals surface area contributed by atoms with E-state index in [1.165, 1.54) is 19.8 Å². The lowest BCUT2D eigenvalue weighted by molar-refractivity contribution is -0.139. The van der Waals surface area contributed by atoms with Gasteiger partial charge in [-0.15, -0.1) is 0 Å². The number of halogens is 1. The molecule has 0 spiro atoms. The summed E-state index contributed by atoms with van der Waals surface area (Å²) in [6.07, 6.45) is 4.47. The van der Waals surface area contributed by atoms with Crippen LogP contribution in [-0.2, 0) is 20.3 Å². The van der Waals surface area contributed by atoms with Crippen LogP contribution in [-0.4, -0.2) is 22.5 Å². The molecule has 0 aromatic carbocycles. The van der Waals surface area contributed by atoms with Crippen LogP contribution in [0, 0.1) is 0 Å². The van der Waals surface area contributed by atoms with Crippen LogP contribution in [0.3, 0.4) is 0 Å².